The molecule has 150 valence electrons. The zero-order chi connectivity index (χ0) is 19.1. The third-order valence-corrected chi connectivity index (χ3v) is 7.41. The lowest BCUT2D eigenvalue weighted by molar-refractivity contribution is -0.143. The molecule has 5 rings (SSSR count). The minimum absolute atomic E-state index is 0.0924. The minimum atomic E-state index is -0.599. The number of benzene rings is 1. The van der Waals surface area contributed by atoms with Crippen molar-refractivity contribution in [2.24, 2.45) is 5.92 Å². The van der Waals surface area contributed by atoms with Crippen LogP contribution >= 0.6 is 0 Å². The predicted molar refractivity (Wildman–Crippen MR) is 105 cm³/mol. The van der Waals surface area contributed by atoms with E-state index in [2.05, 4.69) is 12.1 Å². The second kappa shape index (κ2) is 7.18. The van der Waals surface area contributed by atoms with Crippen LogP contribution < -0.4 is 0 Å². The van der Waals surface area contributed by atoms with Crippen LogP contribution in [0.5, 0.6) is 0 Å². The van der Waals surface area contributed by atoms with E-state index in [9.17, 15) is 9.59 Å². The van der Waals surface area contributed by atoms with Gasteiger partial charge >= 0.3 is 0 Å². The van der Waals surface area contributed by atoms with Gasteiger partial charge in [0.05, 0.1) is 19.0 Å². The third kappa shape index (κ3) is 2.95. The van der Waals surface area contributed by atoms with E-state index in [-0.39, 0.29) is 24.0 Å². The van der Waals surface area contributed by atoms with Gasteiger partial charge in [-0.2, -0.15) is 0 Å². The van der Waals surface area contributed by atoms with Gasteiger partial charge < -0.3 is 14.5 Å². The number of carbonyl (C=O) groups excluding carboxylic acids is 2. The van der Waals surface area contributed by atoms with Gasteiger partial charge in [0.2, 0.25) is 11.8 Å². The molecule has 3 atom stereocenters. The van der Waals surface area contributed by atoms with Gasteiger partial charge in [-0.3, -0.25) is 9.59 Å². The Morgan fingerprint density at radius 3 is 2.71 bits per heavy atom. The molecule has 1 spiro atoms. The van der Waals surface area contributed by atoms with Gasteiger partial charge in [0, 0.05) is 19.4 Å². The van der Waals surface area contributed by atoms with Crippen LogP contribution in [0, 0.1) is 5.92 Å². The number of ether oxygens (including phenoxy) is 1. The summed E-state index contributed by atoms with van der Waals surface area (Å²) in [7, 11) is 0. The molecular weight excluding hydrogens is 352 g/mol. The average molecular weight is 383 g/mol. The van der Waals surface area contributed by atoms with Crippen molar-refractivity contribution in [3.05, 3.63) is 35.9 Å². The molecule has 3 aliphatic heterocycles. The molecule has 5 nitrogen and oxygen atoms in total. The molecule has 1 aromatic carbocycles. The Kier molecular flexibility index (Phi) is 4.66. The summed E-state index contributed by atoms with van der Waals surface area (Å²) in [5, 5.41) is 0. The highest BCUT2D eigenvalue weighted by atomic mass is 16.5. The highest BCUT2D eigenvalue weighted by molar-refractivity contribution is 5.84. The maximum Gasteiger partial charge on any atom is 0.227 e. The van der Waals surface area contributed by atoms with Crippen LogP contribution in [0.4, 0.5) is 0 Å². The Hall–Kier alpha value is -1.88. The van der Waals surface area contributed by atoms with Crippen LogP contribution in [0.2, 0.25) is 0 Å². The van der Waals surface area contributed by atoms with E-state index < -0.39 is 5.72 Å². The first-order chi connectivity index (χ1) is 13.7. The molecule has 0 N–H and O–H groups in total. The number of hydrogen-bond donors (Lipinski definition) is 0. The Morgan fingerprint density at radius 1 is 1.14 bits per heavy atom. The van der Waals surface area contributed by atoms with E-state index >= 15 is 0 Å². The molecule has 1 aliphatic carbocycles. The lowest BCUT2D eigenvalue weighted by Gasteiger charge is -2.32. The van der Waals surface area contributed by atoms with Crippen molar-refractivity contribution in [1.29, 1.82) is 0 Å². The molecule has 0 radical (unpaired) electrons. The van der Waals surface area contributed by atoms with Crippen LogP contribution in [-0.4, -0.2) is 46.5 Å². The predicted octanol–water partition coefficient (Wildman–Crippen LogP) is 3.65. The summed E-state index contributed by atoms with van der Waals surface area (Å²) in [4.78, 5) is 29.6. The van der Waals surface area contributed by atoms with E-state index in [0.29, 0.717) is 31.8 Å². The second-order valence-electron chi connectivity index (χ2n) is 8.97. The van der Waals surface area contributed by atoms with Crippen molar-refractivity contribution in [3.8, 4) is 0 Å². The van der Waals surface area contributed by atoms with E-state index in [1.165, 1.54) is 32.1 Å². The zero-order valence-corrected chi connectivity index (χ0v) is 16.5. The molecular formula is C23H30N2O3. The highest BCUT2D eigenvalue weighted by Crippen LogP contribution is 2.50. The standard InChI is InChI=1S/C23H30N2O3/c26-21(12-11-17-7-3-1-4-8-17)24-14-13-23-20(24)15-22(27)25(23)16-19(28-23)18-9-5-2-6-10-18/h2,5-6,9-10,17,19-20H,1,3-4,7-8,11-16H2/t19-,20-,23+/m1/s1. The molecule has 28 heavy (non-hydrogen) atoms. The fourth-order valence-electron chi connectivity index (χ4n) is 5.91. The van der Waals surface area contributed by atoms with Crippen LogP contribution in [0.25, 0.3) is 0 Å². The molecule has 2 amide bonds. The average Bonchev–Trinajstić information content (AvgIpc) is 3.36. The summed E-state index contributed by atoms with van der Waals surface area (Å²) in [5.41, 5.74) is 0.512. The van der Waals surface area contributed by atoms with E-state index in [0.717, 1.165) is 18.4 Å². The van der Waals surface area contributed by atoms with Crippen molar-refractivity contribution in [2.75, 3.05) is 13.1 Å². The van der Waals surface area contributed by atoms with E-state index in [1.54, 1.807) is 0 Å². The van der Waals surface area contributed by atoms with Gasteiger partial charge in [-0.1, -0.05) is 62.4 Å². The summed E-state index contributed by atoms with van der Waals surface area (Å²) in [5.74, 6) is 1.06. The fourth-order valence-corrected chi connectivity index (χ4v) is 5.91. The van der Waals surface area contributed by atoms with Gasteiger partial charge in [-0.05, 0) is 17.9 Å². The molecule has 0 aromatic heterocycles. The number of likely N-dealkylation sites (tertiary alicyclic amines) is 1. The van der Waals surface area contributed by atoms with Crippen LogP contribution in [-0.2, 0) is 14.3 Å². The number of rotatable bonds is 4. The smallest absolute Gasteiger partial charge is 0.227 e. The van der Waals surface area contributed by atoms with Crippen LogP contribution in [0.3, 0.4) is 0 Å². The SMILES string of the molecule is O=C(CCC1CCCCC1)N1CC[C@@]23O[C@@H](c4ccccc4)CN2C(=O)C[C@@H]13. The number of carbonyl (C=O) groups is 2. The topological polar surface area (TPSA) is 49.9 Å². The molecule has 3 heterocycles. The van der Waals surface area contributed by atoms with Gasteiger partial charge in [0.25, 0.3) is 0 Å². The van der Waals surface area contributed by atoms with Crippen LogP contribution in [0.1, 0.15) is 69.5 Å². The summed E-state index contributed by atoms with van der Waals surface area (Å²) >= 11 is 0. The summed E-state index contributed by atoms with van der Waals surface area (Å²) < 4.78 is 6.54. The maximum atomic E-state index is 13.0. The van der Waals surface area contributed by atoms with Crippen molar-refractivity contribution in [2.45, 2.75) is 75.7 Å². The third-order valence-electron chi connectivity index (χ3n) is 7.41. The minimum Gasteiger partial charge on any atom is -0.343 e. The maximum absolute atomic E-state index is 13.0. The van der Waals surface area contributed by atoms with E-state index in [4.69, 9.17) is 4.74 Å². The molecule has 4 fully saturated rings. The van der Waals surface area contributed by atoms with Crippen molar-refractivity contribution in [3.63, 3.8) is 0 Å². The normalized spacial score (nSPS) is 32.6. The number of amides is 2. The van der Waals surface area contributed by atoms with Gasteiger partial charge in [-0.25, -0.2) is 0 Å². The summed E-state index contributed by atoms with van der Waals surface area (Å²) in [6.07, 6.45) is 9.19. The fraction of sp³-hybridized carbons (Fsp3) is 0.652. The van der Waals surface area contributed by atoms with Crippen molar-refractivity contribution in [1.82, 2.24) is 9.80 Å². The first kappa shape index (κ1) is 18.2. The van der Waals surface area contributed by atoms with Crippen molar-refractivity contribution >= 4 is 11.8 Å². The molecule has 0 unspecified atom stereocenters. The number of nitrogens with zero attached hydrogens (tertiary/aromatic N) is 2. The van der Waals surface area contributed by atoms with Gasteiger partial charge in [-0.15, -0.1) is 0 Å². The highest BCUT2D eigenvalue weighted by Gasteiger charge is 2.64. The Labute approximate surface area is 167 Å². The molecule has 1 saturated carbocycles. The number of hydrogen-bond acceptors (Lipinski definition) is 3. The second-order valence-corrected chi connectivity index (χ2v) is 8.97. The summed E-state index contributed by atoms with van der Waals surface area (Å²) in [6.45, 7) is 1.31. The largest absolute Gasteiger partial charge is 0.343 e. The zero-order valence-electron chi connectivity index (χ0n) is 16.5. The first-order valence-electron chi connectivity index (χ1n) is 11.0. The lowest BCUT2D eigenvalue weighted by atomic mass is 9.86. The first-order valence-corrected chi connectivity index (χ1v) is 11.0. The van der Waals surface area contributed by atoms with Crippen LogP contribution in [0.15, 0.2) is 30.3 Å². The Morgan fingerprint density at radius 2 is 1.93 bits per heavy atom. The molecule has 4 aliphatic rings. The quantitative estimate of drug-likeness (QED) is 0.799. The Balaban J connectivity index is 1.28. The molecule has 0 bridgehead atoms. The Bertz CT molecular complexity index is 745. The van der Waals surface area contributed by atoms with Gasteiger partial charge in [0.15, 0.2) is 5.72 Å². The molecule has 5 heteroatoms. The monoisotopic (exact) mass is 382 g/mol. The van der Waals surface area contributed by atoms with Crippen molar-refractivity contribution < 1.29 is 14.3 Å². The lowest BCUT2D eigenvalue weighted by Crippen LogP contribution is -2.48. The summed E-state index contributed by atoms with van der Waals surface area (Å²) in [6, 6.07) is 10.0. The molecule has 3 saturated heterocycles. The van der Waals surface area contributed by atoms with E-state index in [1.807, 2.05) is 28.0 Å². The van der Waals surface area contributed by atoms with Gasteiger partial charge in [0.1, 0.15) is 6.10 Å². The molecule has 1 aromatic rings.